The van der Waals surface area contributed by atoms with Gasteiger partial charge in [-0.2, -0.15) is 0 Å². The zero-order chi connectivity index (χ0) is 30.8. The molecule has 0 N–H and O–H groups in total. The second-order valence-electron chi connectivity index (χ2n) is 12.8. The van der Waals surface area contributed by atoms with E-state index in [0.717, 1.165) is 13.1 Å². The molecule has 220 valence electrons. The van der Waals surface area contributed by atoms with Gasteiger partial charge in [-0.3, -0.25) is 0 Å². The SMILES string of the molecule is CN1Cc2cccc(c2)-c2c(ccc3c2ccc2ccccc23)N(C)Cc2cccc(c2)-c2c1ccc1c2ccc2ccccc21. The predicted molar refractivity (Wildman–Crippen MR) is 198 cm³/mol. The molecule has 0 amide bonds. The Morgan fingerprint density at radius 1 is 0.370 bits per heavy atom. The molecular weight excluding hydrogens is 556 g/mol. The fourth-order valence-corrected chi connectivity index (χ4v) is 7.76. The van der Waals surface area contributed by atoms with Crippen LogP contribution in [-0.4, -0.2) is 14.1 Å². The standard InChI is InChI=1S/C44H34N2/c1-45-27-29-9-7-14-34(25-29)44-40-20-18-32-12-4-6-16-36(32)38(40)22-24-42(44)46(2)28-30-10-8-13-33(26-30)43-39-19-17-31-11-3-5-15-35(31)37(39)21-23-41(43)45/h3-26H,27-28H2,1-2H3. The Morgan fingerprint density at radius 2 is 0.804 bits per heavy atom. The largest absolute Gasteiger partial charge is 0.370 e. The Balaban J connectivity index is 1.29. The summed E-state index contributed by atoms with van der Waals surface area (Å²) in [5, 5.41) is 10.3. The van der Waals surface area contributed by atoms with Crippen LogP contribution in [0.3, 0.4) is 0 Å². The molecule has 46 heavy (non-hydrogen) atoms. The van der Waals surface area contributed by atoms with Gasteiger partial charge in [0.25, 0.3) is 0 Å². The number of hydrogen-bond donors (Lipinski definition) is 0. The topological polar surface area (TPSA) is 6.48 Å². The second-order valence-corrected chi connectivity index (χ2v) is 12.8. The number of nitrogens with zero attached hydrogens (tertiary/aromatic N) is 2. The summed E-state index contributed by atoms with van der Waals surface area (Å²) in [5.41, 5.74) is 10.2. The highest BCUT2D eigenvalue weighted by atomic mass is 15.1. The van der Waals surface area contributed by atoms with Crippen molar-refractivity contribution in [2.45, 2.75) is 13.1 Å². The summed E-state index contributed by atoms with van der Waals surface area (Å²) >= 11 is 0. The maximum atomic E-state index is 2.42. The molecular formula is C44H34N2. The minimum atomic E-state index is 0.804. The molecule has 0 spiro atoms. The summed E-state index contributed by atoms with van der Waals surface area (Å²) in [4.78, 5) is 4.84. The third-order valence-electron chi connectivity index (χ3n) is 9.90. The maximum Gasteiger partial charge on any atom is 0.0452 e. The quantitative estimate of drug-likeness (QED) is 0.162. The van der Waals surface area contributed by atoms with Crippen molar-refractivity contribution in [1.82, 2.24) is 0 Å². The van der Waals surface area contributed by atoms with Gasteiger partial charge in [-0.25, -0.2) is 0 Å². The van der Waals surface area contributed by atoms with Gasteiger partial charge < -0.3 is 9.80 Å². The lowest BCUT2D eigenvalue weighted by Gasteiger charge is -2.28. The highest BCUT2D eigenvalue weighted by Crippen LogP contribution is 2.43. The monoisotopic (exact) mass is 590 g/mol. The zero-order valence-corrected chi connectivity index (χ0v) is 26.2. The van der Waals surface area contributed by atoms with E-state index < -0.39 is 0 Å². The Morgan fingerprint density at radius 3 is 1.28 bits per heavy atom. The number of hydrogen-bond acceptors (Lipinski definition) is 2. The van der Waals surface area contributed by atoms with Crippen molar-refractivity contribution in [2.24, 2.45) is 0 Å². The van der Waals surface area contributed by atoms with Crippen LogP contribution >= 0.6 is 0 Å². The van der Waals surface area contributed by atoms with Crippen LogP contribution in [0, 0.1) is 0 Å². The maximum absolute atomic E-state index is 2.42. The van der Waals surface area contributed by atoms with Gasteiger partial charge >= 0.3 is 0 Å². The van der Waals surface area contributed by atoms with Gasteiger partial charge in [0.2, 0.25) is 0 Å². The van der Waals surface area contributed by atoms with Crippen molar-refractivity contribution in [2.75, 3.05) is 23.9 Å². The van der Waals surface area contributed by atoms with Gasteiger partial charge in [0.05, 0.1) is 0 Å². The van der Waals surface area contributed by atoms with Crippen LogP contribution in [-0.2, 0) is 13.1 Å². The molecule has 8 aromatic carbocycles. The number of benzene rings is 8. The average Bonchev–Trinajstić information content (AvgIpc) is 3.10. The van der Waals surface area contributed by atoms with Crippen LogP contribution in [0.15, 0.2) is 146 Å². The number of rotatable bonds is 0. The van der Waals surface area contributed by atoms with E-state index in [1.165, 1.54) is 87.8 Å². The first-order valence-electron chi connectivity index (χ1n) is 16.1. The first-order chi connectivity index (χ1) is 22.6. The van der Waals surface area contributed by atoms with Crippen molar-refractivity contribution in [3.63, 3.8) is 0 Å². The van der Waals surface area contributed by atoms with E-state index in [1.807, 2.05) is 0 Å². The molecule has 0 aliphatic carbocycles. The lowest BCUT2D eigenvalue weighted by molar-refractivity contribution is 0.919. The van der Waals surface area contributed by atoms with E-state index in [4.69, 9.17) is 0 Å². The molecule has 9 rings (SSSR count). The summed E-state index contributed by atoms with van der Waals surface area (Å²) in [7, 11) is 4.47. The summed E-state index contributed by atoms with van der Waals surface area (Å²) in [5.74, 6) is 0. The Kier molecular flexibility index (Phi) is 6.11. The Labute approximate surface area is 269 Å². The van der Waals surface area contributed by atoms with E-state index >= 15 is 0 Å². The molecule has 0 radical (unpaired) electrons. The molecule has 1 aliphatic rings. The van der Waals surface area contributed by atoms with Crippen LogP contribution in [0.1, 0.15) is 11.1 Å². The molecule has 1 heterocycles. The number of fused-ring (bicyclic) bond motifs is 16. The number of anilines is 2. The van der Waals surface area contributed by atoms with E-state index in [1.54, 1.807) is 0 Å². The molecule has 0 unspecified atom stereocenters. The van der Waals surface area contributed by atoms with Crippen molar-refractivity contribution >= 4 is 54.5 Å². The molecule has 0 aromatic heterocycles. The molecule has 4 bridgehead atoms. The first kappa shape index (κ1) is 26.8. The molecule has 2 heteroatoms. The fraction of sp³-hybridized carbons (Fsp3) is 0.0909. The Bertz CT molecular complexity index is 2300. The smallest absolute Gasteiger partial charge is 0.0452 e. The van der Waals surface area contributed by atoms with Crippen LogP contribution in [0.5, 0.6) is 0 Å². The third-order valence-corrected chi connectivity index (χ3v) is 9.90. The molecule has 0 atom stereocenters. The highest BCUT2D eigenvalue weighted by molar-refractivity contribution is 6.16. The van der Waals surface area contributed by atoms with Crippen LogP contribution in [0.25, 0.3) is 65.3 Å². The van der Waals surface area contributed by atoms with Crippen molar-refractivity contribution in [1.29, 1.82) is 0 Å². The van der Waals surface area contributed by atoms with Crippen molar-refractivity contribution in [3.05, 3.63) is 157 Å². The van der Waals surface area contributed by atoms with E-state index in [-0.39, 0.29) is 0 Å². The molecule has 0 saturated heterocycles. The van der Waals surface area contributed by atoms with Gasteiger partial charge in [0.15, 0.2) is 0 Å². The van der Waals surface area contributed by atoms with Crippen LogP contribution < -0.4 is 9.80 Å². The zero-order valence-electron chi connectivity index (χ0n) is 26.2. The molecule has 8 aromatic rings. The summed E-state index contributed by atoms with van der Waals surface area (Å²) < 4.78 is 0. The lowest BCUT2D eigenvalue weighted by Crippen LogP contribution is -2.19. The van der Waals surface area contributed by atoms with E-state index in [9.17, 15) is 0 Å². The summed E-state index contributed by atoms with van der Waals surface area (Å²) in [6, 6.07) is 54.3. The van der Waals surface area contributed by atoms with Crippen molar-refractivity contribution in [3.8, 4) is 22.3 Å². The normalized spacial score (nSPS) is 13.2. The van der Waals surface area contributed by atoms with Crippen LogP contribution in [0.4, 0.5) is 11.4 Å². The fourth-order valence-electron chi connectivity index (χ4n) is 7.76. The third kappa shape index (κ3) is 4.25. The molecule has 2 nitrogen and oxygen atoms in total. The highest BCUT2D eigenvalue weighted by Gasteiger charge is 2.20. The Hall–Kier alpha value is -5.60. The molecule has 0 saturated carbocycles. The average molecular weight is 591 g/mol. The second kappa shape index (κ2) is 10.5. The lowest BCUT2D eigenvalue weighted by atomic mass is 9.90. The van der Waals surface area contributed by atoms with Gasteiger partial charge in [-0.1, -0.05) is 121 Å². The minimum absolute atomic E-state index is 0.804. The van der Waals surface area contributed by atoms with E-state index in [0.29, 0.717) is 0 Å². The minimum Gasteiger partial charge on any atom is -0.370 e. The summed E-state index contributed by atoms with van der Waals surface area (Å²) in [6.07, 6.45) is 0. The van der Waals surface area contributed by atoms with Gasteiger partial charge in [-0.15, -0.1) is 0 Å². The van der Waals surface area contributed by atoms with Crippen LogP contribution in [0.2, 0.25) is 0 Å². The van der Waals surface area contributed by atoms with Gasteiger partial charge in [0, 0.05) is 49.7 Å². The molecule has 0 fully saturated rings. The van der Waals surface area contributed by atoms with Crippen molar-refractivity contribution < 1.29 is 0 Å². The molecule has 1 aliphatic heterocycles. The summed E-state index contributed by atoms with van der Waals surface area (Å²) in [6.45, 7) is 1.61. The van der Waals surface area contributed by atoms with Gasteiger partial charge in [-0.05, 0) is 89.6 Å². The van der Waals surface area contributed by atoms with Gasteiger partial charge in [0.1, 0.15) is 0 Å². The van der Waals surface area contributed by atoms with E-state index in [2.05, 4.69) is 169 Å². The predicted octanol–water partition coefficient (Wildman–Crippen LogP) is 11.2. The first-order valence-corrected chi connectivity index (χ1v) is 16.1.